The molecular formula is C19H26N2O2. The van der Waals surface area contributed by atoms with Gasteiger partial charge in [0, 0.05) is 18.8 Å². The fraction of sp³-hybridized carbons (Fsp3) is 0.421. The van der Waals surface area contributed by atoms with E-state index in [-0.39, 0.29) is 5.91 Å². The van der Waals surface area contributed by atoms with Gasteiger partial charge in [-0.2, -0.15) is 0 Å². The van der Waals surface area contributed by atoms with E-state index in [9.17, 15) is 4.79 Å². The average Bonchev–Trinajstić information content (AvgIpc) is 2.77. The van der Waals surface area contributed by atoms with Gasteiger partial charge in [-0.05, 0) is 56.0 Å². The first-order valence-corrected chi connectivity index (χ1v) is 8.07. The minimum absolute atomic E-state index is 0.00319. The average molecular weight is 314 g/mol. The first kappa shape index (κ1) is 17.1. The van der Waals surface area contributed by atoms with E-state index in [0.717, 1.165) is 34.7 Å². The number of carbonyl (C=O) groups excluding carboxylic acids is 1. The van der Waals surface area contributed by atoms with Crippen LogP contribution in [0.4, 0.5) is 0 Å². The predicted octanol–water partition coefficient (Wildman–Crippen LogP) is 3.61. The number of amides is 1. The van der Waals surface area contributed by atoms with E-state index in [1.807, 2.05) is 25.1 Å². The van der Waals surface area contributed by atoms with Crippen molar-refractivity contribution < 1.29 is 9.53 Å². The highest BCUT2D eigenvalue weighted by atomic mass is 16.5. The first-order valence-electron chi connectivity index (χ1n) is 8.07. The van der Waals surface area contributed by atoms with Gasteiger partial charge in [-0.15, -0.1) is 0 Å². The Hall–Kier alpha value is -2.23. The monoisotopic (exact) mass is 314 g/mol. The van der Waals surface area contributed by atoms with Crippen molar-refractivity contribution in [3.05, 3.63) is 52.3 Å². The molecule has 1 heterocycles. The van der Waals surface area contributed by atoms with E-state index < -0.39 is 0 Å². The highest BCUT2D eigenvalue weighted by molar-refractivity contribution is 5.95. The van der Waals surface area contributed by atoms with Gasteiger partial charge in [0.25, 0.3) is 5.91 Å². The number of hydrogen-bond acceptors (Lipinski definition) is 2. The van der Waals surface area contributed by atoms with Crippen molar-refractivity contribution in [2.45, 2.75) is 40.7 Å². The maximum Gasteiger partial charge on any atom is 0.268 e. The first-order chi connectivity index (χ1) is 11.0. The molecule has 0 unspecified atom stereocenters. The second-order valence-electron chi connectivity index (χ2n) is 5.88. The number of nitrogens with zero attached hydrogens (tertiary/aromatic N) is 1. The fourth-order valence-corrected chi connectivity index (χ4v) is 2.79. The number of aromatic nitrogens is 1. The highest BCUT2D eigenvalue weighted by Gasteiger charge is 2.20. The van der Waals surface area contributed by atoms with Gasteiger partial charge in [-0.1, -0.05) is 19.1 Å². The SMILES string of the molecule is CCCNC(=O)c1c(C)c(C)c(C)n1Cc1cccc(OC)c1. The van der Waals surface area contributed by atoms with Gasteiger partial charge in [0.2, 0.25) is 0 Å². The van der Waals surface area contributed by atoms with Crippen LogP contribution < -0.4 is 10.1 Å². The molecule has 2 aromatic rings. The smallest absolute Gasteiger partial charge is 0.268 e. The third-order valence-electron chi connectivity index (χ3n) is 4.36. The topological polar surface area (TPSA) is 43.3 Å². The lowest BCUT2D eigenvalue weighted by molar-refractivity contribution is 0.0944. The number of nitrogens with one attached hydrogen (secondary N) is 1. The molecule has 124 valence electrons. The summed E-state index contributed by atoms with van der Waals surface area (Å²) in [6.45, 7) is 9.57. The zero-order valence-electron chi connectivity index (χ0n) is 14.7. The summed E-state index contributed by atoms with van der Waals surface area (Å²) in [5.74, 6) is 0.834. The van der Waals surface area contributed by atoms with E-state index in [4.69, 9.17) is 4.74 Å². The van der Waals surface area contributed by atoms with E-state index in [2.05, 4.69) is 36.7 Å². The normalized spacial score (nSPS) is 10.7. The van der Waals surface area contributed by atoms with Crippen molar-refractivity contribution in [1.82, 2.24) is 9.88 Å². The summed E-state index contributed by atoms with van der Waals surface area (Å²) < 4.78 is 7.40. The zero-order valence-corrected chi connectivity index (χ0v) is 14.7. The molecule has 0 bridgehead atoms. The molecule has 4 nitrogen and oxygen atoms in total. The third kappa shape index (κ3) is 3.58. The Kier molecular flexibility index (Phi) is 5.48. The molecule has 4 heteroatoms. The van der Waals surface area contributed by atoms with E-state index in [1.165, 1.54) is 5.56 Å². The Balaban J connectivity index is 2.40. The largest absolute Gasteiger partial charge is 0.497 e. The van der Waals surface area contributed by atoms with E-state index in [1.54, 1.807) is 7.11 Å². The zero-order chi connectivity index (χ0) is 17.0. The number of carbonyl (C=O) groups is 1. The van der Waals surface area contributed by atoms with Gasteiger partial charge in [-0.25, -0.2) is 0 Å². The quantitative estimate of drug-likeness (QED) is 0.885. The van der Waals surface area contributed by atoms with E-state index >= 15 is 0 Å². The summed E-state index contributed by atoms with van der Waals surface area (Å²) in [4.78, 5) is 12.6. The number of ether oxygens (including phenoxy) is 1. The van der Waals surface area contributed by atoms with Crippen LogP contribution in [-0.2, 0) is 6.54 Å². The molecule has 0 spiro atoms. The second-order valence-corrected chi connectivity index (χ2v) is 5.88. The molecule has 0 atom stereocenters. The van der Waals surface area contributed by atoms with Crippen LogP contribution in [0.15, 0.2) is 24.3 Å². The van der Waals surface area contributed by atoms with Crippen LogP contribution in [0.25, 0.3) is 0 Å². The van der Waals surface area contributed by atoms with Gasteiger partial charge >= 0.3 is 0 Å². The molecule has 0 fully saturated rings. The Morgan fingerprint density at radius 2 is 1.96 bits per heavy atom. The number of hydrogen-bond donors (Lipinski definition) is 1. The molecule has 0 saturated heterocycles. The minimum Gasteiger partial charge on any atom is -0.497 e. The van der Waals surface area contributed by atoms with Crippen LogP contribution in [-0.4, -0.2) is 24.1 Å². The lowest BCUT2D eigenvalue weighted by atomic mass is 10.1. The van der Waals surface area contributed by atoms with Crippen LogP contribution in [0.3, 0.4) is 0 Å². The number of rotatable bonds is 6. The van der Waals surface area contributed by atoms with Crippen molar-refractivity contribution >= 4 is 5.91 Å². The highest BCUT2D eigenvalue weighted by Crippen LogP contribution is 2.23. The molecule has 1 aromatic carbocycles. The van der Waals surface area contributed by atoms with Crippen LogP contribution in [0.1, 0.15) is 46.2 Å². The Morgan fingerprint density at radius 3 is 2.61 bits per heavy atom. The summed E-state index contributed by atoms with van der Waals surface area (Å²) in [6.07, 6.45) is 0.930. The van der Waals surface area contributed by atoms with Crippen LogP contribution in [0.2, 0.25) is 0 Å². The lowest BCUT2D eigenvalue weighted by Gasteiger charge is -2.13. The summed E-state index contributed by atoms with van der Waals surface area (Å²) in [5.41, 5.74) is 5.24. The molecule has 0 aliphatic rings. The number of benzene rings is 1. The van der Waals surface area contributed by atoms with Crippen molar-refractivity contribution in [2.75, 3.05) is 13.7 Å². The van der Waals surface area contributed by atoms with Gasteiger partial charge in [0.15, 0.2) is 0 Å². The molecule has 0 radical (unpaired) electrons. The Bertz CT molecular complexity index is 702. The summed E-state index contributed by atoms with van der Waals surface area (Å²) in [5, 5.41) is 2.99. The van der Waals surface area contributed by atoms with Crippen LogP contribution >= 0.6 is 0 Å². The van der Waals surface area contributed by atoms with E-state index in [0.29, 0.717) is 13.1 Å². The molecule has 0 aliphatic carbocycles. The van der Waals surface area contributed by atoms with Gasteiger partial charge < -0.3 is 14.6 Å². The molecule has 2 rings (SSSR count). The molecule has 1 N–H and O–H groups in total. The Labute approximate surface area is 138 Å². The van der Waals surface area contributed by atoms with Crippen LogP contribution in [0.5, 0.6) is 5.75 Å². The summed E-state index contributed by atoms with van der Waals surface area (Å²) >= 11 is 0. The molecular weight excluding hydrogens is 288 g/mol. The molecule has 1 aromatic heterocycles. The third-order valence-corrected chi connectivity index (χ3v) is 4.36. The summed E-state index contributed by atoms with van der Waals surface area (Å²) in [7, 11) is 1.66. The van der Waals surface area contributed by atoms with Crippen molar-refractivity contribution in [2.24, 2.45) is 0 Å². The lowest BCUT2D eigenvalue weighted by Crippen LogP contribution is -2.27. The van der Waals surface area contributed by atoms with Crippen molar-refractivity contribution in [3.8, 4) is 5.75 Å². The molecule has 0 aliphatic heterocycles. The van der Waals surface area contributed by atoms with Gasteiger partial charge in [-0.3, -0.25) is 4.79 Å². The van der Waals surface area contributed by atoms with Gasteiger partial charge in [0.05, 0.1) is 7.11 Å². The van der Waals surface area contributed by atoms with Crippen LogP contribution in [0, 0.1) is 20.8 Å². The summed E-state index contributed by atoms with van der Waals surface area (Å²) in [6, 6.07) is 7.97. The molecule has 1 amide bonds. The Morgan fingerprint density at radius 1 is 1.22 bits per heavy atom. The van der Waals surface area contributed by atoms with Gasteiger partial charge in [0.1, 0.15) is 11.4 Å². The maximum atomic E-state index is 12.6. The fourth-order valence-electron chi connectivity index (χ4n) is 2.79. The second kappa shape index (κ2) is 7.36. The molecule has 0 saturated carbocycles. The van der Waals surface area contributed by atoms with Crippen molar-refractivity contribution in [1.29, 1.82) is 0 Å². The maximum absolute atomic E-state index is 12.6. The standard InChI is InChI=1S/C19H26N2O2/c1-6-10-20-19(22)18-14(3)13(2)15(4)21(18)12-16-8-7-9-17(11-16)23-5/h7-9,11H,6,10,12H2,1-5H3,(H,20,22). The predicted molar refractivity (Wildman–Crippen MR) is 93.4 cm³/mol. The minimum atomic E-state index is 0.00319. The molecule has 23 heavy (non-hydrogen) atoms. The number of methoxy groups -OCH3 is 1. The van der Waals surface area contributed by atoms with Crippen molar-refractivity contribution in [3.63, 3.8) is 0 Å².